The van der Waals surface area contributed by atoms with Gasteiger partial charge in [-0.25, -0.2) is 0 Å². The number of benzene rings is 1. The lowest BCUT2D eigenvalue weighted by Crippen LogP contribution is -2.39. The monoisotopic (exact) mass is 392 g/mol. The summed E-state index contributed by atoms with van der Waals surface area (Å²) in [5.74, 6) is 2.12. The largest absolute Gasteiger partial charge is 0.493 e. The van der Waals surface area contributed by atoms with Crippen LogP contribution >= 0.6 is 0 Å². The van der Waals surface area contributed by atoms with E-state index in [4.69, 9.17) is 9.26 Å². The Morgan fingerprint density at radius 3 is 3.07 bits per heavy atom. The molecule has 1 saturated heterocycles. The van der Waals surface area contributed by atoms with Gasteiger partial charge in [-0.1, -0.05) is 17.3 Å². The lowest BCUT2D eigenvalue weighted by molar-refractivity contribution is 0.0695. The zero-order valence-electron chi connectivity index (χ0n) is 16.5. The Morgan fingerprint density at radius 1 is 1.31 bits per heavy atom. The molecule has 150 valence electrons. The van der Waals surface area contributed by atoms with E-state index >= 15 is 0 Å². The van der Waals surface area contributed by atoms with Gasteiger partial charge in [0.1, 0.15) is 5.75 Å². The van der Waals surface area contributed by atoms with Crippen LogP contribution < -0.4 is 4.74 Å². The summed E-state index contributed by atoms with van der Waals surface area (Å²) in [7, 11) is 0. The number of carbonyl (C=O) groups excluding carboxylic acids is 1. The third kappa shape index (κ3) is 4.80. The summed E-state index contributed by atoms with van der Waals surface area (Å²) in [5, 5.41) is 4.09. The van der Waals surface area contributed by atoms with E-state index < -0.39 is 0 Å². The van der Waals surface area contributed by atoms with E-state index in [-0.39, 0.29) is 11.8 Å². The van der Waals surface area contributed by atoms with Gasteiger partial charge in [0.2, 0.25) is 5.89 Å². The maximum atomic E-state index is 12.7. The van der Waals surface area contributed by atoms with Crippen molar-refractivity contribution in [1.29, 1.82) is 0 Å². The second kappa shape index (κ2) is 8.86. The summed E-state index contributed by atoms with van der Waals surface area (Å²) in [5.41, 5.74) is 1.76. The molecule has 7 heteroatoms. The number of nitrogens with zero attached hydrogens (tertiary/aromatic N) is 4. The molecule has 0 spiro atoms. The summed E-state index contributed by atoms with van der Waals surface area (Å²) in [6.07, 6.45) is 5.68. The van der Waals surface area contributed by atoms with Gasteiger partial charge in [-0.05, 0) is 49.6 Å². The number of amides is 1. The molecule has 1 atom stereocenters. The molecule has 1 aliphatic rings. The molecular formula is C22H24N4O3. The van der Waals surface area contributed by atoms with Gasteiger partial charge < -0.3 is 14.2 Å². The van der Waals surface area contributed by atoms with Crippen molar-refractivity contribution in [2.24, 2.45) is 0 Å². The second-order valence-corrected chi connectivity index (χ2v) is 7.30. The number of hydrogen-bond acceptors (Lipinski definition) is 6. The number of aryl methyl sites for hydroxylation is 1. The first-order valence-corrected chi connectivity index (χ1v) is 9.90. The number of piperidine rings is 1. The average Bonchev–Trinajstić information content (AvgIpc) is 3.23. The fourth-order valence-corrected chi connectivity index (χ4v) is 3.54. The highest BCUT2D eigenvalue weighted by Crippen LogP contribution is 2.26. The quantitative estimate of drug-likeness (QED) is 0.639. The van der Waals surface area contributed by atoms with E-state index in [0.29, 0.717) is 36.9 Å². The van der Waals surface area contributed by atoms with Gasteiger partial charge >= 0.3 is 0 Å². The smallest absolute Gasteiger partial charge is 0.255 e. The molecule has 3 heterocycles. The van der Waals surface area contributed by atoms with E-state index in [2.05, 4.69) is 15.1 Å². The van der Waals surface area contributed by atoms with Gasteiger partial charge in [0, 0.05) is 31.9 Å². The summed E-state index contributed by atoms with van der Waals surface area (Å²) >= 11 is 0. The number of carbonyl (C=O) groups is 1. The molecule has 2 aromatic heterocycles. The standard InChI is InChI=1S/C22H24N4O3/c1-16-5-2-8-19(13-16)28-12-9-20-24-21(29-25-20)18-7-4-11-26(15-18)22(27)17-6-3-10-23-14-17/h2-3,5-6,8,10,13-14,18H,4,7,9,11-12,15H2,1H3. The number of ether oxygens (including phenoxy) is 1. The van der Waals surface area contributed by atoms with E-state index in [9.17, 15) is 4.79 Å². The molecule has 1 aliphatic heterocycles. The van der Waals surface area contributed by atoms with Gasteiger partial charge in [0.15, 0.2) is 5.82 Å². The third-order valence-electron chi connectivity index (χ3n) is 5.03. The first-order chi connectivity index (χ1) is 14.2. The Kier molecular flexibility index (Phi) is 5.84. The number of aromatic nitrogens is 3. The zero-order valence-corrected chi connectivity index (χ0v) is 16.5. The number of pyridine rings is 1. The minimum atomic E-state index is -0.00547. The molecule has 0 radical (unpaired) electrons. The molecule has 1 fully saturated rings. The van der Waals surface area contributed by atoms with E-state index in [1.54, 1.807) is 24.5 Å². The van der Waals surface area contributed by atoms with Crippen LogP contribution in [-0.2, 0) is 6.42 Å². The highest BCUT2D eigenvalue weighted by atomic mass is 16.5. The molecule has 1 unspecified atom stereocenters. The molecule has 0 bridgehead atoms. The maximum Gasteiger partial charge on any atom is 0.255 e. The van der Waals surface area contributed by atoms with Gasteiger partial charge in [-0.3, -0.25) is 9.78 Å². The maximum absolute atomic E-state index is 12.7. The normalized spacial score (nSPS) is 16.6. The Bertz CT molecular complexity index is 957. The van der Waals surface area contributed by atoms with Crippen LogP contribution in [0.3, 0.4) is 0 Å². The van der Waals surface area contributed by atoms with E-state index in [1.807, 2.05) is 36.1 Å². The van der Waals surface area contributed by atoms with Crippen molar-refractivity contribution in [3.8, 4) is 5.75 Å². The minimum absolute atomic E-state index is 0.00547. The van der Waals surface area contributed by atoms with E-state index in [0.717, 1.165) is 30.7 Å². The van der Waals surface area contributed by atoms with Crippen LogP contribution in [-0.4, -0.2) is 45.6 Å². The van der Waals surface area contributed by atoms with Crippen molar-refractivity contribution < 1.29 is 14.1 Å². The Morgan fingerprint density at radius 2 is 2.24 bits per heavy atom. The average molecular weight is 392 g/mol. The predicted molar refractivity (Wildman–Crippen MR) is 107 cm³/mol. The van der Waals surface area contributed by atoms with Crippen molar-refractivity contribution in [3.63, 3.8) is 0 Å². The van der Waals surface area contributed by atoms with Crippen molar-refractivity contribution >= 4 is 5.91 Å². The highest BCUT2D eigenvalue weighted by molar-refractivity contribution is 5.93. The van der Waals surface area contributed by atoms with Crippen molar-refractivity contribution in [1.82, 2.24) is 20.0 Å². The topological polar surface area (TPSA) is 81.4 Å². The number of likely N-dealkylation sites (tertiary alicyclic amines) is 1. The van der Waals surface area contributed by atoms with Crippen LogP contribution in [0.15, 0.2) is 53.3 Å². The van der Waals surface area contributed by atoms with Gasteiger partial charge in [0.05, 0.1) is 18.1 Å². The molecule has 1 amide bonds. The SMILES string of the molecule is Cc1cccc(OCCc2noc(C3CCCN(C(=O)c4cccnc4)C3)n2)c1. The highest BCUT2D eigenvalue weighted by Gasteiger charge is 2.29. The number of rotatable bonds is 6. The zero-order chi connectivity index (χ0) is 20.1. The lowest BCUT2D eigenvalue weighted by Gasteiger charge is -2.31. The van der Waals surface area contributed by atoms with Gasteiger partial charge in [-0.2, -0.15) is 4.98 Å². The second-order valence-electron chi connectivity index (χ2n) is 7.30. The predicted octanol–water partition coefficient (Wildman–Crippen LogP) is 3.41. The summed E-state index contributed by atoms with van der Waals surface area (Å²) < 4.78 is 11.3. The Balaban J connectivity index is 1.33. The lowest BCUT2D eigenvalue weighted by atomic mass is 9.97. The summed E-state index contributed by atoms with van der Waals surface area (Å²) in [6, 6.07) is 11.5. The molecular weight excluding hydrogens is 368 g/mol. The first kappa shape index (κ1) is 19.1. The van der Waals surface area contributed by atoms with Crippen LogP contribution in [0.4, 0.5) is 0 Å². The fourth-order valence-electron chi connectivity index (χ4n) is 3.54. The van der Waals surface area contributed by atoms with Gasteiger partial charge in [-0.15, -0.1) is 0 Å². The molecule has 3 aromatic rings. The van der Waals surface area contributed by atoms with Crippen molar-refractivity contribution in [2.45, 2.75) is 32.1 Å². The van der Waals surface area contributed by atoms with Crippen LogP contribution in [0.25, 0.3) is 0 Å². The molecule has 4 rings (SSSR count). The molecule has 0 saturated carbocycles. The Labute approximate surface area is 169 Å². The molecule has 1 aromatic carbocycles. The van der Waals surface area contributed by atoms with Crippen LogP contribution in [0.2, 0.25) is 0 Å². The van der Waals surface area contributed by atoms with Crippen LogP contribution in [0.5, 0.6) is 5.75 Å². The number of hydrogen-bond donors (Lipinski definition) is 0. The molecule has 29 heavy (non-hydrogen) atoms. The summed E-state index contributed by atoms with van der Waals surface area (Å²) in [4.78, 5) is 23.1. The van der Waals surface area contributed by atoms with Gasteiger partial charge in [0.25, 0.3) is 5.91 Å². The van der Waals surface area contributed by atoms with E-state index in [1.165, 1.54) is 0 Å². The minimum Gasteiger partial charge on any atom is -0.493 e. The Hall–Kier alpha value is -3.22. The summed E-state index contributed by atoms with van der Waals surface area (Å²) in [6.45, 7) is 3.83. The molecule has 0 aliphatic carbocycles. The van der Waals surface area contributed by atoms with Crippen molar-refractivity contribution in [3.05, 3.63) is 71.6 Å². The van der Waals surface area contributed by atoms with Crippen LogP contribution in [0, 0.1) is 6.92 Å². The third-order valence-corrected chi connectivity index (χ3v) is 5.03. The van der Waals surface area contributed by atoms with Crippen molar-refractivity contribution in [2.75, 3.05) is 19.7 Å². The molecule has 0 N–H and O–H groups in total. The van der Waals surface area contributed by atoms with Crippen LogP contribution in [0.1, 0.15) is 46.4 Å². The fraction of sp³-hybridized carbons (Fsp3) is 0.364. The first-order valence-electron chi connectivity index (χ1n) is 9.90. The molecule has 7 nitrogen and oxygen atoms in total.